The Kier molecular flexibility index (Phi) is 8.85. The number of nitrogens with two attached hydrogens (primary N) is 1. The van der Waals surface area contributed by atoms with Crippen LogP contribution < -0.4 is 26.2 Å². The number of H-pyrrole nitrogens is 2. The van der Waals surface area contributed by atoms with Crippen molar-refractivity contribution in [3.63, 3.8) is 0 Å². The third-order valence-electron chi connectivity index (χ3n) is 5.29. The highest BCUT2D eigenvalue weighted by Gasteiger charge is 2.27. The largest absolute Gasteiger partial charge is 0.493 e. The van der Waals surface area contributed by atoms with Gasteiger partial charge in [-0.25, -0.2) is 14.0 Å². The van der Waals surface area contributed by atoms with Crippen LogP contribution in [0.2, 0.25) is 0 Å². The number of anilines is 1. The van der Waals surface area contributed by atoms with Crippen LogP contribution in [0, 0.1) is 11.2 Å². The number of hydrogen-bond donors (Lipinski definition) is 7. The number of aromatic amines is 2. The van der Waals surface area contributed by atoms with Gasteiger partial charge in [-0.2, -0.15) is 9.78 Å². The summed E-state index contributed by atoms with van der Waals surface area (Å²) in [5.74, 6) is -2.78. The molecule has 2 aromatic carbocycles. The summed E-state index contributed by atoms with van der Waals surface area (Å²) in [5, 5.41) is 37.7. The number of hydrogen-bond acceptors (Lipinski definition) is 9. The van der Waals surface area contributed by atoms with Gasteiger partial charge in [0.1, 0.15) is 23.3 Å². The number of carboxylic acid groups (broad SMARTS) is 2. The van der Waals surface area contributed by atoms with Crippen molar-refractivity contribution in [2.24, 2.45) is 5.73 Å². The molecule has 0 aliphatic rings. The van der Waals surface area contributed by atoms with Gasteiger partial charge in [0, 0.05) is 29.8 Å². The fraction of sp³-hybridized carbons (Fsp3) is 0.167. The summed E-state index contributed by atoms with van der Waals surface area (Å²) < 4.78 is 26.5. The highest BCUT2D eigenvalue weighted by molar-refractivity contribution is 5.95. The predicted molar refractivity (Wildman–Crippen MR) is 139 cm³/mol. The second kappa shape index (κ2) is 12.2. The zero-order valence-electron chi connectivity index (χ0n) is 21.4. The fourth-order valence-corrected chi connectivity index (χ4v) is 3.52. The second-order valence-corrected chi connectivity index (χ2v) is 7.98. The first-order valence-electron chi connectivity index (χ1n) is 11.2. The second-order valence-electron chi connectivity index (χ2n) is 7.98. The number of aromatic nitrogens is 5. The first kappa shape index (κ1) is 28.9. The Hall–Kier alpha value is -5.67. The average Bonchev–Trinajstić information content (AvgIpc) is 3.54. The van der Waals surface area contributed by atoms with Crippen molar-refractivity contribution >= 4 is 23.5 Å². The minimum atomic E-state index is -1.32. The molecule has 0 fully saturated rings. The van der Waals surface area contributed by atoms with E-state index in [9.17, 15) is 14.7 Å². The smallest absolute Gasteiger partial charge is 0.349 e. The molecule has 16 heteroatoms. The molecule has 40 heavy (non-hydrogen) atoms. The number of aliphatic carboxylic acids is 1. The molecule has 210 valence electrons. The van der Waals surface area contributed by atoms with Crippen LogP contribution >= 0.6 is 0 Å². The molecule has 0 saturated heterocycles. The summed E-state index contributed by atoms with van der Waals surface area (Å²) in [4.78, 5) is 35.8. The molecule has 0 spiro atoms. The van der Waals surface area contributed by atoms with Crippen LogP contribution in [0.25, 0.3) is 5.82 Å². The van der Waals surface area contributed by atoms with Crippen molar-refractivity contribution in [1.29, 1.82) is 5.41 Å². The van der Waals surface area contributed by atoms with Gasteiger partial charge in [-0.05, 0) is 30.3 Å². The molecule has 1 atom stereocenters. The van der Waals surface area contributed by atoms with E-state index in [0.29, 0.717) is 11.3 Å². The van der Waals surface area contributed by atoms with Crippen LogP contribution in [-0.4, -0.2) is 67.2 Å². The maximum Gasteiger partial charge on any atom is 0.349 e. The molecule has 2 heterocycles. The average molecular weight is 557 g/mol. The van der Waals surface area contributed by atoms with Gasteiger partial charge in [-0.3, -0.25) is 20.3 Å². The van der Waals surface area contributed by atoms with Gasteiger partial charge in [0.15, 0.2) is 23.1 Å². The van der Waals surface area contributed by atoms with Crippen molar-refractivity contribution in [1.82, 2.24) is 25.0 Å². The highest BCUT2D eigenvalue weighted by Crippen LogP contribution is 2.35. The van der Waals surface area contributed by atoms with E-state index in [1.54, 1.807) is 24.3 Å². The predicted octanol–water partition coefficient (Wildman–Crippen LogP) is 1.71. The van der Waals surface area contributed by atoms with E-state index in [1.807, 2.05) is 0 Å². The quantitative estimate of drug-likeness (QED) is 0.116. The molecule has 0 radical (unpaired) electrons. The number of nitrogens with zero attached hydrogens (tertiary/aromatic N) is 3. The number of aromatic carboxylic acids is 1. The van der Waals surface area contributed by atoms with Crippen molar-refractivity contribution in [2.45, 2.75) is 13.0 Å². The van der Waals surface area contributed by atoms with Gasteiger partial charge in [-0.1, -0.05) is 0 Å². The lowest BCUT2D eigenvalue weighted by Crippen LogP contribution is -2.18. The summed E-state index contributed by atoms with van der Waals surface area (Å²) in [6.07, 6.45) is 1.04. The monoisotopic (exact) mass is 556 g/mol. The number of rotatable bonds is 9. The van der Waals surface area contributed by atoms with Crippen molar-refractivity contribution < 1.29 is 33.7 Å². The first-order chi connectivity index (χ1) is 19.0. The summed E-state index contributed by atoms with van der Waals surface area (Å²) in [6.45, 7) is 1.08. The lowest BCUT2D eigenvalue weighted by Gasteiger charge is -2.20. The third kappa shape index (κ3) is 6.42. The topological polar surface area (TPSA) is 234 Å². The molecule has 2 aromatic heterocycles. The molecule has 8 N–H and O–H groups in total. The van der Waals surface area contributed by atoms with Crippen LogP contribution in [0.1, 0.15) is 40.3 Å². The van der Waals surface area contributed by atoms with E-state index in [4.69, 9.17) is 30.5 Å². The lowest BCUT2D eigenvalue weighted by atomic mass is 10.0. The number of benzene rings is 2. The first-order valence-corrected chi connectivity index (χ1v) is 11.2. The summed E-state index contributed by atoms with van der Waals surface area (Å²) in [7, 11) is 2.76. The number of carboxylic acids is 2. The van der Waals surface area contributed by atoms with Crippen LogP contribution in [-0.2, 0) is 4.79 Å². The van der Waals surface area contributed by atoms with Gasteiger partial charge in [-0.15, -0.1) is 5.10 Å². The molecule has 0 bridgehead atoms. The number of nitrogens with one attached hydrogen (secondary N) is 4. The van der Waals surface area contributed by atoms with E-state index in [2.05, 4.69) is 25.6 Å². The number of amidine groups is 1. The van der Waals surface area contributed by atoms with E-state index < -0.39 is 29.5 Å². The Morgan fingerprint density at radius 3 is 2.30 bits per heavy atom. The van der Waals surface area contributed by atoms with E-state index in [0.717, 1.165) is 23.9 Å². The maximum absolute atomic E-state index is 15.3. The van der Waals surface area contributed by atoms with E-state index in [-0.39, 0.29) is 40.1 Å². The third-order valence-corrected chi connectivity index (χ3v) is 5.29. The standard InChI is InChI=1S/C22H21FN8O5.C2H4O2/c1-35-15-7-12(14(23)8-16(15)36-2)17(27-11-5-3-10(4-6-11)18(24)25)19-28-22(34)31(30-19)20-13(21(32)33)9-26-29-20;1-2(3)4/h3-9,17,27H,1-2H3,(H3,24,25)(H,26,29)(H,32,33)(H,28,30,34);1H3,(H,3,4). The molecule has 15 nitrogen and oxygen atoms in total. The summed E-state index contributed by atoms with van der Waals surface area (Å²) >= 11 is 0. The number of nitrogen functional groups attached to an aromatic ring is 1. The molecule has 1 unspecified atom stereocenters. The van der Waals surface area contributed by atoms with Crippen LogP contribution in [0.4, 0.5) is 10.1 Å². The van der Waals surface area contributed by atoms with Crippen molar-refractivity contribution in [2.75, 3.05) is 19.5 Å². The number of halogens is 1. The number of ether oxygens (including phenoxy) is 2. The highest BCUT2D eigenvalue weighted by atomic mass is 19.1. The molecule has 4 rings (SSSR count). The SMILES string of the molecule is CC(=O)O.COc1cc(F)c(C(Nc2ccc(C(=N)N)cc2)c2nn(-c3[nH]ncc3C(=O)O)c(=O)[nH]2)cc1OC. The molecule has 0 aliphatic heterocycles. The Morgan fingerprint density at radius 2 is 1.75 bits per heavy atom. The Balaban J connectivity index is 0.00000103. The van der Waals surface area contributed by atoms with Gasteiger partial charge < -0.3 is 30.7 Å². The Morgan fingerprint density at radius 1 is 1.15 bits per heavy atom. The van der Waals surface area contributed by atoms with E-state index in [1.165, 1.54) is 20.3 Å². The normalized spacial score (nSPS) is 11.1. The minimum absolute atomic E-state index is 0.0345. The summed E-state index contributed by atoms with van der Waals surface area (Å²) in [5.41, 5.74) is 5.46. The van der Waals surface area contributed by atoms with Gasteiger partial charge >= 0.3 is 11.7 Å². The zero-order valence-corrected chi connectivity index (χ0v) is 21.4. The molecule has 0 saturated carbocycles. The molecular formula is C24H25FN8O7. The number of carbonyl (C=O) groups is 2. The maximum atomic E-state index is 15.3. The molecule has 0 amide bonds. The number of methoxy groups -OCH3 is 2. The zero-order chi connectivity index (χ0) is 29.6. The Bertz CT molecular complexity index is 1590. The van der Waals surface area contributed by atoms with Gasteiger partial charge in [0.05, 0.1) is 20.4 Å². The summed E-state index contributed by atoms with van der Waals surface area (Å²) in [6, 6.07) is 7.89. The van der Waals surface area contributed by atoms with Crippen LogP contribution in [0.15, 0.2) is 47.4 Å². The molecular weight excluding hydrogens is 531 g/mol. The molecule has 4 aromatic rings. The minimum Gasteiger partial charge on any atom is -0.493 e. The van der Waals surface area contributed by atoms with Crippen LogP contribution in [0.5, 0.6) is 11.5 Å². The van der Waals surface area contributed by atoms with E-state index >= 15 is 4.39 Å². The van der Waals surface area contributed by atoms with Gasteiger partial charge in [0.2, 0.25) is 0 Å². The lowest BCUT2D eigenvalue weighted by molar-refractivity contribution is -0.134. The van der Waals surface area contributed by atoms with Crippen LogP contribution in [0.3, 0.4) is 0 Å². The van der Waals surface area contributed by atoms with Crippen molar-refractivity contribution in [3.05, 3.63) is 81.4 Å². The van der Waals surface area contributed by atoms with Gasteiger partial charge in [0.25, 0.3) is 5.97 Å². The Labute approximate surface area is 224 Å². The van der Waals surface area contributed by atoms with Crippen molar-refractivity contribution in [3.8, 4) is 17.3 Å². The molecule has 0 aliphatic carbocycles. The fourth-order valence-electron chi connectivity index (χ4n) is 3.52.